The summed E-state index contributed by atoms with van der Waals surface area (Å²) in [5, 5.41) is 12.1. The summed E-state index contributed by atoms with van der Waals surface area (Å²) in [6.45, 7) is 5.22. The summed E-state index contributed by atoms with van der Waals surface area (Å²) in [4.78, 5) is 14.8. The fourth-order valence-electron chi connectivity index (χ4n) is 3.81. The minimum atomic E-state index is -4.35. The van der Waals surface area contributed by atoms with Crippen LogP contribution in [0.2, 0.25) is 0 Å². The molecule has 0 bridgehead atoms. The average Bonchev–Trinajstić information content (AvgIpc) is 2.78. The smallest absolute Gasteiger partial charge is 0.396 e. The first-order valence-electron chi connectivity index (χ1n) is 10.6. The molecule has 1 aliphatic rings. The average molecular weight is 435 g/mol. The van der Waals surface area contributed by atoms with E-state index in [9.17, 15) is 23.1 Å². The Morgan fingerprint density at radius 1 is 1.10 bits per heavy atom. The Balaban J connectivity index is 1.48. The summed E-state index contributed by atoms with van der Waals surface area (Å²) in [6, 6.07) is 12.5. The maximum atomic E-state index is 12.7. The van der Waals surface area contributed by atoms with Crippen LogP contribution >= 0.6 is 0 Å². The molecule has 1 amide bonds. The van der Waals surface area contributed by atoms with Gasteiger partial charge in [-0.05, 0) is 73.2 Å². The van der Waals surface area contributed by atoms with Gasteiger partial charge in [-0.2, -0.15) is 13.2 Å². The van der Waals surface area contributed by atoms with Gasteiger partial charge in [-0.25, -0.2) is 0 Å². The van der Waals surface area contributed by atoms with Crippen LogP contribution in [0.1, 0.15) is 52.7 Å². The van der Waals surface area contributed by atoms with Crippen molar-refractivity contribution in [3.63, 3.8) is 0 Å². The molecule has 0 aliphatic carbocycles. The van der Waals surface area contributed by atoms with Crippen LogP contribution in [0.4, 0.5) is 13.2 Å². The number of aliphatic hydroxyl groups excluding tert-OH is 1. The third-order valence-electron chi connectivity index (χ3n) is 5.96. The van der Waals surface area contributed by atoms with E-state index in [-0.39, 0.29) is 18.4 Å². The van der Waals surface area contributed by atoms with Crippen LogP contribution in [-0.4, -0.2) is 42.2 Å². The van der Waals surface area contributed by atoms with E-state index in [0.29, 0.717) is 18.0 Å². The minimum Gasteiger partial charge on any atom is -0.396 e. The molecule has 2 aromatic carbocycles. The molecule has 3 rings (SSSR count). The van der Waals surface area contributed by atoms with Crippen molar-refractivity contribution in [3.8, 4) is 0 Å². The van der Waals surface area contributed by atoms with E-state index in [1.165, 1.54) is 12.1 Å². The van der Waals surface area contributed by atoms with Crippen LogP contribution in [0.3, 0.4) is 0 Å². The van der Waals surface area contributed by atoms with Gasteiger partial charge in [-0.3, -0.25) is 9.69 Å². The number of amides is 1. The van der Waals surface area contributed by atoms with Crippen molar-refractivity contribution >= 4 is 5.91 Å². The lowest BCUT2D eigenvalue weighted by Crippen LogP contribution is -2.34. The van der Waals surface area contributed by atoms with Crippen LogP contribution < -0.4 is 5.32 Å². The molecule has 0 radical (unpaired) electrons. The molecule has 2 N–H and O–H groups in total. The molecular formula is C24H29F3N2O2. The minimum absolute atomic E-state index is 0.104. The Kier molecular flexibility index (Phi) is 7.73. The standard InChI is InChI=1S/C24H29F3N2O2/c1-17(20-6-8-22(9-7-20)24(25,26)27)14-28-23(31)21-4-2-18(3-5-21)15-29-12-10-19(16-30)11-13-29/h2-9,17,19,30H,10-16H2,1H3,(H,28,31). The fraction of sp³-hybridized carbons (Fsp3) is 0.458. The Morgan fingerprint density at radius 2 is 1.71 bits per heavy atom. The van der Waals surface area contributed by atoms with Gasteiger partial charge < -0.3 is 10.4 Å². The van der Waals surface area contributed by atoms with E-state index >= 15 is 0 Å². The van der Waals surface area contributed by atoms with Crippen LogP contribution in [-0.2, 0) is 12.7 Å². The number of hydrogen-bond donors (Lipinski definition) is 2. The highest BCUT2D eigenvalue weighted by atomic mass is 19.4. The summed E-state index contributed by atoms with van der Waals surface area (Å²) >= 11 is 0. The monoisotopic (exact) mass is 434 g/mol. The van der Waals surface area contributed by atoms with Gasteiger partial charge in [-0.1, -0.05) is 31.2 Å². The SMILES string of the molecule is CC(CNC(=O)c1ccc(CN2CCC(CO)CC2)cc1)c1ccc(C(F)(F)F)cc1. The predicted octanol–water partition coefficient (Wildman–Crippen LogP) is 4.44. The number of rotatable bonds is 7. The molecule has 31 heavy (non-hydrogen) atoms. The zero-order valence-electron chi connectivity index (χ0n) is 17.7. The summed E-state index contributed by atoms with van der Waals surface area (Å²) in [5.41, 5.74) is 1.76. The highest BCUT2D eigenvalue weighted by molar-refractivity contribution is 5.94. The zero-order valence-corrected chi connectivity index (χ0v) is 17.7. The first-order valence-corrected chi connectivity index (χ1v) is 10.6. The van der Waals surface area contributed by atoms with E-state index < -0.39 is 11.7 Å². The number of benzene rings is 2. The Labute approximate surface area is 181 Å². The molecule has 1 unspecified atom stereocenters. The largest absolute Gasteiger partial charge is 0.416 e. The van der Waals surface area contributed by atoms with Crippen molar-refractivity contribution in [2.75, 3.05) is 26.2 Å². The number of likely N-dealkylation sites (tertiary alicyclic amines) is 1. The Hall–Kier alpha value is -2.38. The van der Waals surface area contributed by atoms with Gasteiger partial charge >= 0.3 is 6.18 Å². The Bertz CT molecular complexity index is 843. The summed E-state index contributed by atoms with van der Waals surface area (Å²) < 4.78 is 38.1. The molecule has 2 aromatic rings. The van der Waals surface area contributed by atoms with Crippen LogP contribution in [0.25, 0.3) is 0 Å². The van der Waals surface area contributed by atoms with E-state index in [0.717, 1.165) is 55.7 Å². The number of piperidine rings is 1. The zero-order chi connectivity index (χ0) is 22.4. The number of halogens is 3. The van der Waals surface area contributed by atoms with Crippen molar-refractivity contribution in [3.05, 3.63) is 70.8 Å². The number of carbonyl (C=O) groups excluding carboxylic acids is 1. The Morgan fingerprint density at radius 3 is 2.26 bits per heavy atom. The van der Waals surface area contributed by atoms with E-state index in [1.54, 1.807) is 12.1 Å². The number of alkyl halides is 3. The van der Waals surface area contributed by atoms with Gasteiger partial charge in [0.1, 0.15) is 0 Å². The molecule has 4 nitrogen and oxygen atoms in total. The number of aliphatic hydroxyl groups is 1. The van der Waals surface area contributed by atoms with Gasteiger partial charge in [0.15, 0.2) is 0 Å². The van der Waals surface area contributed by atoms with E-state index in [2.05, 4.69) is 10.2 Å². The second-order valence-electron chi connectivity index (χ2n) is 8.33. The van der Waals surface area contributed by atoms with Crippen LogP contribution in [0.15, 0.2) is 48.5 Å². The second-order valence-corrected chi connectivity index (χ2v) is 8.33. The second kappa shape index (κ2) is 10.3. The third-order valence-corrected chi connectivity index (χ3v) is 5.96. The molecule has 1 fully saturated rings. The van der Waals surface area contributed by atoms with Gasteiger partial charge in [0.05, 0.1) is 5.56 Å². The van der Waals surface area contributed by atoms with Crippen LogP contribution in [0, 0.1) is 5.92 Å². The van der Waals surface area contributed by atoms with Crippen molar-refractivity contribution in [1.82, 2.24) is 10.2 Å². The molecule has 1 heterocycles. The van der Waals surface area contributed by atoms with Crippen LogP contribution in [0.5, 0.6) is 0 Å². The molecule has 168 valence electrons. The van der Waals surface area contributed by atoms with Gasteiger partial charge in [0.2, 0.25) is 0 Å². The molecule has 0 aromatic heterocycles. The van der Waals surface area contributed by atoms with Crippen molar-refractivity contribution < 1.29 is 23.1 Å². The maximum Gasteiger partial charge on any atom is 0.416 e. The first kappa shape index (κ1) is 23.3. The van der Waals surface area contributed by atoms with Crippen molar-refractivity contribution in [2.24, 2.45) is 5.92 Å². The normalized spacial score (nSPS) is 16.8. The lowest BCUT2D eigenvalue weighted by atomic mass is 9.97. The van der Waals surface area contributed by atoms with Gasteiger partial charge in [-0.15, -0.1) is 0 Å². The lowest BCUT2D eigenvalue weighted by Gasteiger charge is -2.31. The first-order chi connectivity index (χ1) is 14.8. The number of nitrogens with zero attached hydrogens (tertiary/aromatic N) is 1. The highest BCUT2D eigenvalue weighted by Gasteiger charge is 2.30. The summed E-state index contributed by atoms with van der Waals surface area (Å²) in [7, 11) is 0. The van der Waals surface area contributed by atoms with Crippen molar-refractivity contribution in [2.45, 2.75) is 38.4 Å². The topological polar surface area (TPSA) is 52.6 Å². The quantitative estimate of drug-likeness (QED) is 0.677. The molecule has 1 saturated heterocycles. The molecule has 1 aliphatic heterocycles. The number of carbonyl (C=O) groups is 1. The van der Waals surface area contributed by atoms with E-state index in [1.807, 2.05) is 19.1 Å². The molecule has 0 saturated carbocycles. The third kappa shape index (κ3) is 6.55. The van der Waals surface area contributed by atoms with E-state index in [4.69, 9.17) is 0 Å². The highest BCUT2D eigenvalue weighted by Crippen LogP contribution is 2.30. The fourth-order valence-corrected chi connectivity index (χ4v) is 3.81. The van der Waals surface area contributed by atoms with Gasteiger partial charge in [0, 0.05) is 25.3 Å². The summed E-state index contributed by atoms with van der Waals surface area (Å²) in [6.07, 6.45) is -2.33. The molecule has 7 heteroatoms. The van der Waals surface area contributed by atoms with Crippen molar-refractivity contribution in [1.29, 1.82) is 0 Å². The molecular weight excluding hydrogens is 405 g/mol. The molecule has 1 atom stereocenters. The number of nitrogens with one attached hydrogen (secondary N) is 1. The van der Waals surface area contributed by atoms with Gasteiger partial charge in [0.25, 0.3) is 5.91 Å². The summed E-state index contributed by atoms with van der Waals surface area (Å²) in [5.74, 6) is 0.105. The lowest BCUT2D eigenvalue weighted by molar-refractivity contribution is -0.137. The predicted molar refractivity (Wildman–Crippen MR) is 114 cm³/mol. The molecule has 0 spiro atoms. The number of hydrogen-bond acceptors (Lipinski definition) is 3. The maximum absolute atomic E-state index is 12.7.